The molecule has 0 unspecified atom stereocenters. The molecule has 7 aliphatic carbocycles. The van der Waals surface area contributed by atoms with Gasteiger partial charge in [0.15, 0.2) is 0 Å². The van der Waals surface area contributed by atoms with Gasteiger partial charge in [0, 0.05) is 11.8 Å². The largest absolute Gasteiger partial charge is 0.125 e. The molecule has 0 aromatic rings. The van der Waals surface area contributed by atoms with Crippen molar-refractivity contribution in [3.63, 3.8) is 0 Å². The van der Waals surface area contributed by atoms with E-state index >= 15 is 0 Å². The summed E-state index contributed by atoms with van der Waals surface area (Å²) in [6.07, 6.45) is 7.64. The Labute approximate surface area is 118 Å². The normalized spacial score (nSPS) is 71.0. The Balaban J connectivity index is 1.47. The van der Waals surface area contributed by atoms with Gasteiger partial charge in [0.1, 0.15) is 4.33 Å². The summed E-state index contributed by atoms with van der Waals surface area (Å²) in [6, 6.07) is 0. The Morgan fingerprint density at radius 1 is 0.722 bits per heavy atom. The fourth-order valence-corrected chi connectivity index (χ4v) is 9.58. The van der Waals surface area contributed by atoms with Gasteiger partial charge < -0.3 is 0 Å². The maximum absolute atomic E-state index is 6.68. The molecule has 7 saturated carbocycles. The topological polar surface area (TPSA) is 0 Å². The molecule has 2 heteroatoms. The van der Waals surface area contributed by atoms with E-state index in [1.165, 1.54) is 12.8 Å². The van der Waals surface area contributed by atoms with Gasteiger partial charge >= 0.3 is 0 Å². The third-order valence-electron chi connectivity index (χ3n) is 8.82. The van der Waals surface area contributed by atoms with Crippen LogP contribution in [0, 0.1) is 58.2 Å². The molecular formula is C16H18Cl2. The number of hydrogen-bond acceptors (Lipinski definition) is 0. The molecular weight excluding hydrogens is 263 g/mol. The molecule has 7 fully saturated rings. The van der Waals surface area contributed by atoms with Crippen molar-refractivity contribution in [2.75, 3.05) is 0 Å². The van der Waals surface area contributed by atoms with E-state index in [1.54, 1.807) is 19.3 Å². The molecule has 8 atom stereocenters. The summed E-state index contributed by atoms with van der Waals surface area (Å²) >= 11 is 13.4. The van der Waals surface area contributed by atoms with Gasteiger partial charge in [-0.2, -0.15) is 0 Å². The number of alkyl halides is 2. The Kier molecular flexibility index (Phi) is 1.13. The molecule has 0 aliphatic heterocycles. The second kappa shape index (κ2) is 2.13. The van der Waals surface area contributed by atoms with Crippen LogP contribution in [0.4, 0.5) is 0 Å². The van der Waals surface area contributed by atoms with Crippen molar-refractivity contribution < 1.29 is 0 Å². The number of rotatable bonds is 0. The lowest BCUT2D eigenvalue weighted by molar-refractivity contribution is 0.146. The van der Waals surface area contributed by atoms with Crippen LogP contribution in [0.15, 0.2) is 0 Å². The van der Waals surface area contributed by atoms with Crippen LogP contribution >= 0.6 is 23.2 Å². The highest BCUT2D eigenvalue weighted by Crippen LogP contribution is 2.97. The molecule has 0 saturated heterocycles. The third-order valence-corrected chi connectivity index (χ3v) is 9.79. The minimum atomic E-state index is -0.303. The lowest BCUT2D eigenvalue weighted by Crippen LogP contribution is -2.32. The number of fused-ring (bicyclic) bond motifs is 10. The standard InChI is InChI=1S/C16H18Cl2/c17-16(18)12-8-9-6-5-7(6)10(14(9)1-2-14)11(8)15(3-4-15)13(12)16/h6-13H,1-5H2/t6-,7-,8+,9+,10+,11-,12+,13-/m0/s1. The Morgan fingerprint density at radius 3 is 2.06 bits per heavy atom. The average Bonchev–Trinajstić information content (AvgIpc) is 3.12. The van der Waals surface area contributed by atoms with Crippen LogP contribution in [-0.4, -0.2) is 4.33 Å². The lowest BCUT2D eigenvalue weighted by atomic mass is 9.72. The van der Waals surface area contributed by atoms with Gasteiger partial charge in [-0.05, 0) is 78.4 Å². The van der Waals surface area contributed by atoms with E-state index in [0.717, 1.165) is 40.9 Å². The van der Waals surface area contributed by atoms with Crippen molar-refractivity contribution in [1.29, 1.82) is 0 Å². The molecule has 0 aromatic carbocycles. The van der Waals surface area contributed by atoms with Gasteiger partial charge in [-0.15, -0.1) is 23.2 Å². The molecule has 0 aromatic heterocycles. The third kappa shape index (κ3) is 0.652. The monoisotopic (exact) mass is 280 g/mol. The average molecular weight is 281 g/mol. The van der Waals surface area contributed by atoms with E-state index in [-0.39, 0.29) is 4.33 Å². The summed E-state index contributed by atoms with van der Waals surface area (Å²) in [5, 5.41) is 0. The van der Waals surface area contributed by atoms with E-state index < -0.39 is 0 Å². The van der Waals surface area contributed by atoms with Crippen LogP contribution in [0.1, 0.15) is 32.1 Å². The SMILES string of the molecule is ClC1(Cl)[C@@H]2[C@@H]3[C@H]4[C@H]5C[C@@H]5[C@H]([C@H]3C3(CC3)[C@H]21)C41CC1. The minimum Gasteiger partial charge on any atom is -0.101 e. The first-order valence-corrected chi connectivity index (χ1v) is 8.76. The second-order valence-corrected chi connectivity index (χ2v) is 10.3. The van der Waals surface area contributed by atoms with Crippen LogP contribution in [0.5, 0.6) is 0 Å². The van der Waals surface area contributed by atoms with Crippen molar-refractivity contribution in [2.45, 2.75) is 36.4 Å². The van der Waals surface area contributed by atoms with Crippen molar-refractivity contribution in [2.24, 2.45) is 58.2 Å². The molecule has 18 heavy (non-hydrogen) atoms. The van der Waals surface area contributed by atoms with Crippen LogP contribution in [-0.2, 0) is 0 Å². The zero-order valence-electron chi connectivity index (χ0n) is 10.4. The van der Waals surface area contributed by atoms with E-state index in [9.17, 15) is 0 Å². The second-order valence-electron chi connectivity index (χ2n) is 8.86. The van der Waals surface area contributed by atoms with E-state index in [4.69, 9.17) is 23.2 Å². The smallest absolute Gasteiger partial charge is 0.101 e. The predicted octanol–water partition coefficient (Wildman–Crippen LogP) is 4.11. The van der Waals surface area contributed by atoms with Gasteiger partial charge in [-0.25, -0.2) is 0 Å². The van der Waals surface area contributed by atoms with E-state index in [0.29, 0.717) is 17.3 Å². The van der Waals surface area contributed by atoms with Crippen LogP contribution in [0.3, 0.4) is 0 Å². The maximum atomic E-state index is 6.68. The Morgan fingerprint density at radius 2 is 1.39 bits per heavy atom. The zero-order chi connectivity index (χ0) is 11.7. The molecule has 0 nitrogen and oxygen atoms in total. The van der Waals surface area contributed by atoms with Crippen molar-refractivity contribution in [3.05, 3.63) is 0 Å². The van der Waals surface area contributed by atoms with E-state index in [1.807, 2.05) is 0 Å². The summed E-state index contributed by atoms with van der Waals surface area (Å²) in [4.78, 5) is 0. The first-order valence-electron chi connectivity index (χ1n) is 8.01. The molecule has 2 bridgehead atoms. The van der Waals surface area contributed by atoms with Crippen LogP contribution in [0.2, 0.25) is 0 Å². The molecule has 7 aliphatic rings. The predicted molar refractivity (Wildman–Crippen MR) is 70.3 cm³/mol. The van der Waals surface area contributed by atoms with Gasteiger partial charge in [0.25, 0.3) is 0 Å². The fourth-order valence-electron chi connectivity index (χ4n) is 8.46. The van der Waals surface area contributed by atoms with Crippen molar-refractivity contribution in [1.82, 2.24) is 0 Å². The highest BCUT2D eigenvalue weighted by molar-refractivity contribution is 6.51. The summed E-state index contributed by atoms with van der Waals surface area (Å²) < 4.78 is -0.303. The number of hydrogen-bond donors (Lipinski definition) is 0. The molecule has 96 valence electrons. The molecule has 0 N–H and O–H groups in total. The van der Waals surface area contributed by atoms with E-state index in [2.05, 4.69) is 0 Å². The summed E-state index contributed by atoms with van der Waals surface area (Å²) in [5.74, 6) is 7.95. The highest BCUT2D eigenvalue weighted by atomic mass is 35.5. The van der Waals surface area contributed by atoms with Crippen LogP contribution in [0.25, 0.3) is 0 Å². The molecule has 0 radical (unpaired) electrons. The quantitative estimate of drug-likeness (QED) is 0.586. The molecule has 0 amide bonds. The van der Waals surface area contributed by atoms with Crippen molar-refractivity contribution in [3.8, 4) is 0 Å². The molecule has 7 rings (SSSR count). The Bertz CT molecular complexity index is 515. The summed E-state index contributed by atoms with van der Waals surface area (Å²) in [5.41, 5.74) is 1.50. The van der Waals surface area contributed by atoms with Gasteiger partial charge in [0.05, 0.1) is 0 Å². The molecule has 0 heterocycles. The van der Waals surface area contributed by atoms with Gasteiger partial charge in [-0.3, -0.25) is 0 Å². The Hall–Kier alpha value is 0.580. The molecule has 2 spiro atoms. The van der Waals surface area contributed by atoms with Crippen molar-refractivity contribution >= 4 is 23.2 Å². The zero-order valence-corrected chi connectivity index (χ0v) is 11.9. The summed E-state index contributed by atoms with van der Waals surface area (Å²) in [6.45, 7) is 0. The maximum Gasteiger partial charge on any atom is 0.125 e. The first-order chi connectivity index (χ1) is 8.63. The highest BCUT2D eigenvalue weighted by Gasteiger charge is 2.93. The lowest BCUT2D eigenvalue weighted by Gasteiger charge is -2.34. The fraction of sp³-hybridized carbons (Fsp3) is 1.00. The summed E-state index contributed by atoms with van der Waals surface area (Å²) in [7, 11) is 0. The minimum absolute atomic E-state index is 0.303. The van der Waals surface area contributed by atoms with Crippen LogP contribution < -0.4 is 0 Å². The van der Waals surface area contributed by atoms with Gasteiger partial charge in [-0.1, -0.05) is 0 Å². The first kappa shape index (κ1) is 9.50. The van der Waals surface area contributed by atoms with Gasteiger partial charge in [0.2, 0.25) is 0 Å². The number of halogens is 2.